The number of hydrogen-bond acceptors (Lipinski definition) is 4. The van der Waals surface area contributed by atoms with Crippen molar-refractivity contribution in [3.05, 3.63) is 59.4 Å². The molecule has 0 aromatic heterocycles. The Morgan fingerprint density at radius 3 is 2.48 bits per heavy atom. The van der Waals surface area contributed by atoms with Crippen LogP contribution in [-0.2, 0) is 15.3 Å². The molecule has 4 heteroatoms. The molecule has 3 aliphatic rings. The van der Waals surface area contributed by atoms with E-state index in [2.05, 4.69) is 12.1 Å². The first-order chi connectivity index (χ1) is 10.3. The summed E-state index contributed by atoms with van der Waals surface area (Å²) >= 11 is 1.67. The maximum absolute atomic E-state index is 12.5. The van der Waals surface area contributed by atoms with Crippen LogP contribution in [-0.4, -0.2) is 28.9 Å². The lowest BCUT2D eigenvalue weighted by Crippen LogP contribution is -2.26. The predicted octanol–water partition coefficient (Wildman–Crippen LogP) is 2.88. The SMILES string of the molecule is O=C1C(CSCc2ccccc2)=C(O)[C@H]2[C@@H]1[C@@H]1C=C[C@H]2O1. The van der Waals surface area contributed by atoms with Crippen LogP contribution >= 0.6 is 11.8 Å². The summed E-state index contributed by atoms with van der Waals surface area (Å²) in [5.41, 5.74) is 1.84. The van der Waals surface area contributed by atoms with Gasteiger partial charge in [0.15, 0.2) is 5.78 Å². The molecule has 0 saturated carbocycles. The third-order valence-corrected chi connectivity index (χ3v) is 5.51. The van der Waals surface area contributed by atoms with E-state index >= 15 is 0 Å². The van der Waals surface area contributed by atoms with Crippen molar-refractivity contribution in [2.24, 2.45) is 11.8 Å². The second kappa shape index (κ2) is 5.04. The molecule has 0 radical (unpaired) electrons. The van der Waals surface area contributed by atoms with E-state index in [0.29, 0.717) is 11.3 Å². The lowest BCUT2D eigenvalue weighted by Gasteiger charge is -2.15. The Labute approximate surface area is 127 Å². The Hall–Kier alpha value is -1.52. The van der Waals surface area contributed by atoms with Gasteiger partial charge in [0.2, 0.25) is 0 Å². The third-order valence-electron chi connectivity index (χ3n) is 4.48. The van der Waals surface area contributed by atoms with Crippen LogP contribution in [0.1, 0.15) is 5.56 Å². The molecule has 2 bridgehead atoms. The fourth-order valence-electron chi connectivity index (χ4n) is 3.47. The van der Waals surface area contributed by atoms with Crippen LogP contribution in [0.4, 0.5) is 0 Å². The number of hydrogen-bond donors (Lipinski definition) is 1. The molecule has 1 aromatic carbocycles. The fraction of sp³-hybridized carbons (Fsp3) is 0.353. The first-order valence-electron chi connectivity index (χ1n) is 7.17. The number of rotatable bonds is 4. The minimum absolute atomic E-state index is 0.0786. The molecular weight excluding hydrogens is 284 g/mol. The molecule has 108 valence electrons. The van der Waals surface area contributed by atoms with Crippen LogP contribution in [0.15, 0.2) is 53.8 Å². The predicted molar refractivity (Wildman–Crippen MR) is 82.0 cm³/mol. The molecule has 21 heavy (non-hydrogen) atoms. The Balaban J connectivity index is 1.45. The summed E-state index contributed by atoms with van der Waals surface area (Å²) < 4.78 is 5.67. The summed E-state index contributed by atoms with van der Waals surface area (Å²) in [6.07, 6.45) is 3.68. The molecule has 0 unspecified atom stereocenters. The molecule has 1 saturated heterocycles. The average molecular weight is 300 g/mol. The molecule has 1 N–H and O–H groups in total. The number of thioether (sulfide) groups is 1. The van der Waals surface area contributed by atoms with Crippen molar-refractivity contribution in [1.82, 2.24) is 0 Å². The summed E-state index contributed by atoms with van der Waals surface area (Å²) in [6.45, 7) is 0. The number of carbonyl (C=O) groups is 1. The molecule has 0 amide bonds. The monoisotopic (exact) mass is 300 g/mol. The van der Waals surface area contributed by atoms with Gasteiger partial charge in [-0.05, 0) is 5.56 Å². The minimum Gasteiger partial charge on any atom is -0.511 e. The van der Waals surface area contributed by atoms with Crippen molar-refractivity contribution in [1.29, 1.82) is 0 Å². The Morgan fingerprint density at radius 1 is 1.05 bits per heavy atom. The Bertz CT molecular complexity index is 635. The van der Waals surface area contributed by atoms with Gasteiger partial charge in [-0.2, -0.15) is 11.8 Å². The van der Waals surface area contributed by atoms with Gasteiger partial charge < -0.3 is 9.84 Å². The van der Waals surface area contributed by atoms with Crippen molar-refractivity contribution < 1.29 is 14.6 Å². The van der Waals surface area contributed by atoms with E-state index in [1.807, 2.05) is 30.4 Å². The number of fused-ring (bicyclic) bond motifs is 5. The van der Waals surface area contributed by atoms with Gasteiger partial charge in [0.1, 0.15) is 5.76 Å². The van der Waals surface area contributed by atoms with Crippen LogP contribution in [0, 0.1) is 11.8 Å². The van der Waals surface area contributed by atoms with Crippen LogP contribution < -0.4 is 0 Å². The molecule has 1 fully saturated rings. The largest absolute Gasteiger partial charge is 0.511 e. The number of benzene rings is 1. The van der Waals surface area contributed by atoms with Crippen LogP contribution in [0.3, 0.4) is 0 Å². The quantitative estimate of drug-likeness (QED) is 0.869. The van der Waals surface area contributed by atoms with Gasteiger partial charge in [0, 0.05) is 17.1 Å². The number of ether oxygens (including phenoxy) is 1. The smallest absolute Gasteiger partial charge is 0.169 e. The van der Waals surface area contributed by atoms with Crippen molar-refractivity contribution in [3.63, 3.8) is 0 Å². The van der Waals surface area contributed by atoms with Crippen molar-refractivity contribution in [2.75, 3.05) is 5.75 Å². The molecular formula is C17H16O3S. The van der Waals surface area contributed by atoms with Gasteiger partial charge in [-0.1, -0.05) is 42.5 Å². The van der Waals surface area contributed by atoms with Gasteiger partial charge >= 0.3 is 0 Å². The zero-order chi connectivity index (χ0) is 14.4. The zero-order valence-electron chi connectivity index (χ0n) is 11.4. The first kappa shape index (κ1) is 13.2. The van der Waals surface area contributed by atoms with Crippen molar-refractivity contribution >= 4 is 17.5 Å². The topological polar surface area (TPSA) is 46.5 Å². The molecule has 3 nitrogen and oxygen atoms in total. The molecule has 4 atom stereocenters. The molecule has 1 aliphatic carbocycles. The fourth-order valence-corrected chi connectivity index (χ4v) is 4.49. The van der Waals surface area contributed by atoms with Crippen LogP contribution in [0.5, 0.6) is 0 Å². The van der Waals surface area contributed by atoms with E-state index < -0.39 is 0 Å². The van der Waals surface area contributed by atoms with E-state index in [-0.39, 0.29) is 35.6 Å². The first-order valence-corrected chi connectivity index (χ1v) is 8.33. The van der Waals surface area contributed by atoms with Gasteiger partial charge in [-0.15, -0.1) is 0 Å². The lowest BCUT2D eigenvalue weighted by molar-refractivity contribution is -0.119. The highest BCUT2D eigenvalue weighted by Crippen LogP contribution is 2.49. The highest BCUT2D eigenvalue weighted by atomic mass is 32.2. The Kier molecular flexibility index (Phi) is 3.16. The molecule has 2 aliphatic heterocycles. The second-order valence-corrected chi connectivity index (χ2v) is 6.69. The van der Waals surface area contributed by atoms with E-state index in [1.165, 1.54) is 5.56 Å². The number of Topliss-reactive ketones (excluding diaryl/α,β-unsaturated/α-hetero) is 1. The number of carbonyl (C=O) groups excluding carboxylic acids is 1. The summed E-state index contributed by atoms with van der Waals surface area (Å²) in [7, 11) is 0. The van der Waals surface area contributed by atoms with E-state index in [9.17, 15) is 9.90 Å². The Morgan fingerprint density at radius 2 is 1.76 bits per heavy atom. The van der Waals surface area contributed by atoms with Crippen LogP contribution in [0.25, 0.3) is 0 Å². The van der Waals surface area contributed by atoms with Crippen molar-refractivity contribution in [3.8, 4) is 0 Å². The van der Waals surface area contributed by atoms with Gasteiger partial charge in [0.05, 0.1) is 24.0 Å². The van der Waals surface area contributed by atoms with E-state index in [4.69, 9.17) is 4.74 Å². The molecule has 1 aromatic rings. The third kappa shape index (κ3) is 2.05. The van der Waals surface area contributed by atoms with Gasteiger partial charge in [-0.3, -0.25) is 4.79 Å². The normalized spacial score (nSPS) is 33.0. The summed E-state index contributed by atoms with van der Waals surface area (Å²) in [5.74, 6) is 1.44. The maximum Gasteiger partial charge on any atom is 0.169 e. The minimum atomic E-state index is -0.188. The zero-order valence-corrected chi connectivity index (χ0v) is 12.3. The standard InChI is InChI=1S/C17H16O3S/c18-16-11(9-21-8-10-4-2-1-3-5-10)17(19)15-13-7-6-12(20-13)14(15)16/h1-7,12-15,18H,8-9H2/t12-,13+,14-,15+/m1/s1. The summed E-state index contributed by atoms with van der Waals surface area (Å²) in [6, 6.07) is 10.2. The average Bonchev–Trinajstić information content (AvgIpc) is 3.17. The van der Waals surface area contributed by atoms with E-state index in [0.717, 1.165) is 5.75 Å². The molecule has 0 spiro atoms. The highest BCUT2D eigenvalue weighted by Gasteiger charge is 2.56. The summed E-state index contributed by atoms with van der Waals surface area (Å²) in [4.78, 5) is 12.5. The number of aliphatic hydroxyl groups excluding tert-OH is 1. The number of ketones is 1. The molecule has 4 rings (SSSR count). The van der Waals surface area contributed by atoms with Crippen LogP contribution in [0.2, 0.25) is 0 Å². The van der Waals surface area contributed by atoms with E-state index in [1.54, 1.807) is 11.8 Å². The second-order valence-electron chi connectivity index (χ2n) is 5.71. The summed E-state index contributed by atoms with van der Waals surface area (Å²) in [5, 5.41) is 10.4. The maximum atomic E-state index is 12.5. The lowest BCUT2D eigenvalue weighted by atomic mass is 9.84. The van der Waals surface area contributed by atoms with Gasteiger partial charge in [-0.25, -0.2) is 0 Å². The number of aliphatic hydroxyl groups is 1. The van der Waals surface area contributed by atoms with Gasteiger partial charge in [0.25, 0.3) is 0 Å². The van der Waals surface area contributed by atoms with Crippen molar-refractivity contribution in [2.45, 2.75) is 18.0 Å². The highest BCUT2D eigenvalue weighted by molar-refractivity contribution is 7.98. The molecule has 2 heterocycles.